The molecule has 0 saturated heterocycles. The number of rotatable bonds is 5. The molecule has 2 heteroatoms. The van der Waals surface area contributed by atoms with E-state index in [0.717, 1.165) is 6.42 Å². The average molecular weight is 646 g/mol. The van der Waals surface area contributed by atoms with Gasteiger partial charge in [-0.05, 0) is 90.7 Å². The smallest absolute Gasteiger partial charge is 0.179 e. The highest BCUT2D eigenvalue weighted by Gasteiger charge is 2.42. The normalized spacial score (nSPS) is 12.7. The number of nitrogens with zero attached hydrogens (tertiary/aromatic N) is 1. The Balaban J connectivity index is 1.33. The molecule has 0 aliphatic heterocycles. The van der Waals surface area contributed by atoms with Crippen LogP contribution < -0.4 is 20.7 Å². The highest BCUT2D eigenvalue weighted by Crippen LogP contribution is 2.45. The van der Waals surface area contributed by atoms with Crippen molar-refractivity contribution in [3.8, 4) is 16.8 Å². The summed E-state index contributed by atoms with van der Waals surface area (Å²) in [6.45, 7) is 6.94. The van der Waals surface area contributed by atoms with Crippen LogP contribution in [0.15, 0.2) is 170 Å². The summed E-state index contributed by atoms with van der Waals surface area (Å²) in [4.78, 5) is 0. The zero-order chi connectivity index (χ0) is 33.2. The highest BCUT2D eigenvalue weighted by molar-refractivity contribution is 7.19. The van der Waals surface area contributed by atoms with Gasteiger partial charge in [0.1, 0.15) is 0 Å². The van der Waals surface area contributed by atoms with Crippen molar-refractivity contribution in [2.24, 2.45) is 0 Å². The van der Waals surface area contributed by atoms with Crippen LogP contribution in [0.5, 0.6) is 0 Å². The molecule has 0 N–H and O–H groups in total. The minimum atomic E-state index is -2.63. The third-order valence-corrected chi connectivity index (χ3v) is 15.5. The van der Waals surface area contributed by atoms with E-state index in [0.29, 0.717) is 0 Å². The molecule has 0 radical (unpaired) electrons. The number of benzene rings is 7. The molecular weight excluding hydrogens is 607 g/mol. The molecule has 0 saturated carbocycles. The highest BCUT2D eigenvalue weighted by atomic mass is 28.3. The van der Waals surface area contributed by atoms with E-state index in [1.165, 1.54) is 76.1 Å². The molecule has 0 amide bonds. The second-order valence-electron chi connectivity index (χ2n) is 14.5. The maximum absolute atomic E-state index is 2.63. The number of hydrogen-bond donors (Lipinski definition) is 0. The lowest BCUT2D eigenvalue weighted by Crippen LogP contribution is -2.74. The second-order valence-corrected chi connectivity index (χ2v) is 18.3. The molecule has 1 aliphatic rings. The van der Waals surface area contributed by atoms with Crippen LogP contribution in [0.1, 0.15) is 37.5 Å². The van der Waals surface area contributed by atoms with E-state index in [9.17, 15) is 0 Å². The van der Waals surface area contributed by atoms with Crippen molar-refractivity contribution in [2.45, 2.75) is 32.6 Å². The molecule has 0 unspecified atom stereocenters. The average Bonchev–Trinajstić information content (AvgIpc) is 3.68. The Morgan fingerprint density at radius 2 is 1.04 bits per heavy atom. The fraction of sp³-hybridized carbons (Fsp3) is 0.106. The van der Waals surface area contributed by atoms with Gasteiger partial charge in [0.25, 0.3) is 0 Å². The van der Waals surface area contributed by atoms with Crippen LogP contribution in [0.3, 0.4) is 0 Å². The standard InChI is InChI=1S/C47H39NSi/c1-47(2,3)34-25-28-44-43(31-34)46-42-30-33-24-26-39(32-41(33)40(42)27-29-45(46)48(44)35-16-8-4-9-17-35)49(36-18-10-5-11-19-36,37-20-12-6-13-21-37)38-22-14-7-15-23-38/h4-29,31-32H,30H2,1-3H3. The van der Waals surface area contributed by atoms with Crippen LogP contribution >= 0.6 is 0 Å². The third-order valence-electron chi connectivity index (χ3n) is 10.7. The first-order valence-corrected chi connectivity index (χ1v) is 19.4. The fourth-order valence-electron chi connectivity index (χ4n) is 8.41. The van der Waals surface area contributed by atoms with Gasteiger partial charge >= 0.3 is 0 Å². The van der Waals surface area contributed by atoms with Crippen molar-refractivity contribution < 1.29 is 0 Å². The van der Waals surface area contributed by atoms with Gasteiger partial charge in [-0.2, -0.15) is 0 Å². The second kappa shape index (κ2) is 11.3. The zero-order valence-corrected chi connectivity index (χ0v) is 29.3. The van der Waals surface area contributed by atoms with Crippen LogP contribution in [-0.2, 0) is 11.8 Å². The van der Waals surface area contributed by atoms with Crippen molar-refractivity contribution in [2.75, 3.05) is 0 Å². The number of fused-ring (bicyclic) bond motifs is 7. The summed E-state index contributed by atoms with van der Waals surface area (Å²) in [7, 11) is -2.63. The van der Waals surface area contributed by atoms with Gasteiger partial charge in [0, 0.05) is 16.5 Å². The first kappa shape index (κ1) is 29.7. The van der Waals surface area contributed by atoms with Gasteiger partial charge in [0.2, 0.25) is 0 Å². The molecule has 49 heavy (non-hydrogen) atoms. The molecule has 0 spiro atoms. The molecular formula is C47H39NSi. The largest absolute Gasteiger partial charge is 0.309 e. The van der Waals surface area contributed by atoms with Crippen LogP contribution in [0.25, 0.3) is 38.6 Å². The van der Waals surface area contributed by atoms with E-state index in [4.69, 9.17) is 0 Å². The molecule has 0 bridgehead atoms. The monoisotopic (exact) mass is 645 g/mol. The Morgan fingerprint density at radius 3 is 1.61 bits per heavy atom. The van der Waals surface area contributed by atoms with Crippen molar-refractivity contribution in [1.82, 2.24) is 4.57 Å². The summed E-state index contributed by atoms with van der Waals surface area (Å²) in [5.41, 5.74) is 10.8. The molecule has 7 aromatic carbocycles. The summed E-state index contributed by atoms with van der Waals surface area (Å²) >= 11 is 0. The van der Waals surface area contributed by atoms with Gasteiger partial charge in [-0.3, -0.25) is 0 Å². The Hall–Kier alpha value is -5.44. The zero-order valence-electron chi connectivity index (χ0n) is 28.3. The fourth-order valence-corrected chi connectivity index (χ4v) is 13.2. The summed E-state index contributed by atoms with van der Waals surface area (Å²) in [6.07, 6.45) is 0.937. The van der Waals surface area contributed by atoms with Crippen molar-refractivity contribution in [1.29, 1.82) is 0 Å². The van der Waals surface area contributed by atoms with Gasteiger partial charge in [0.15, 0.2) is 8.07 Å². The van der Waals surface area contributed by atoms with Gasteiger partial charge in [-0.25, -0.2) is 0 Å². The first-order chi connectivity index (χ1) is 23.9. The Labute approximate surface area is 290 Å². The van der Waals surface area contributed by atoms with E-state index in [1.54, 1.807) is 0 Å². The molecule has 8 aromatic rings. The predicted molar refractivity (Wildman–Crippen MR) is 211 cm³/mol. The van der Waals surface area contributed by atoms with E-state index in [-0.39, 0.29) is 5.41 Å². The molecule has 1 aromatic heterocycles. The van der Waals surface area contributed by atoms with Gasteiger partial charge in [0.05, 0.1) is 11.0 Å². The van der Waals surface area contributed by atoms with Crippen LogP contribution in [0, 0.1) is 0 Å². The maximum atomic E-state index is 2.56. The summed E-state index contributed by atoms with van der Waals surface area (Å²) in [5, 5.41) is 8.37. The molecule has 236 valence electrons. The predicted octanol–water partition coefficient (Wildman–Crippen LogP) is 9.03. The van der Waals surface area contributed by atoms with Gasteiger partial charge in [-0.1, -0.05) is 160 Å². The molecule has 9 rings (SSSR count). The van der Waals surface area contributed by atoms with Gasteiger partial charge < -0.3 is 4.57 Å². The number of para-hydroxylation sites is 1. The molecule has 1 aliphatic carbocycles. The van der Waals surface area contributed by atoms with Gasteiger partial charge in [-0.15, -0.1) is 0 Å². The van der Waals surface area contributed by atoms with Crippen LogP contribution in [0.2, 0.25) is 0 Å². The van der Waals surface area contributed by atoms with Crippen molar-refractivity contribution in [3.63, 3.8) is 0 Å². The van der Waals surface area contributed by atoms with Crippen molar-refractivity contribution in [3.05, 3.63) is 187 Å². The Morgan fingerprint density at radius 1 is 0.490 bits per heavy atom. The Kier molecular flexibility index (Phi) is 6.86. The topological polar surface area (TPSA) is 4.93 Å². The van der Waals surface area contributed by atoms with Crippen molar-refractivity contribution >= 4 is 50.6 Å². The summed E-state index contributed by atoms with van der Waals surface area (Å²) < 4.78 is 2.46. The third kappa shape index (κ3) is 4.59. The van der Waals surface area contributed by atoms with Crippen LogP contribution in [-0.4, -0.2) is 12.6 Å². The lowest BCUT2D eigenvalue weighted by atomic mass is 9.86. The molecule has 0 atom stereocenters. The van der Waals surface area contributed by atoms with E-state index < -0.39 is 8.07 Å². The molecule has 1 nitrogen and oxygen atoms in total. The first-order valence-electron chi connectivity index (χ1n) is 17.4. The maximum Gasteiger partial charge on any atom is 0.179 e. The lowest BCUT2D eigenvalue weighted by molar-refractivity contribution is 0.591. The quantitative estimate of drug-likeness (QED) is 0.130. The minimum absolute atomic E-state index is 0.0610. The number of aromatic nitrogens is 1. The van der Waals surface area contributed by atoms with E-state index in [2.05, 4.69) is 195 Å². The summed E-state index contributed by atoms with van der Waals surface area (Å²) in [5.74, 6) is 0. The lowest BCUT2D eigenvalue weighted by Gasteiger charge is -2.34. The van der Waals surface area contributed by atoms with E-state index in [1.807, 2.05) is 0 Å². The van der Waals surface area contributed by atoms with E-state index >= 15 is 0 Å². The minimum Gasteiger partial charge on any atom is -0.309 e. The summed E-state index contributed by atoms with van der Waals surface area (Å²) in [6, 6.07) is 63.9. The SMILES string of the molecule is CC(C)(C)c1ccc2c(c1)c1c3c(ccc1n2-c1ccccc1)-c1cc([Si](c2ccccc2)(c2ccccc2)c2ccccc2)ccc1C3. The number of hydrogen-bond acceptors (Lipinski definition) is 0. The molecule has 0 fully saturated rings. The van der Waals surface area contributed by atoms with Crippen LogP contribution in [0.4, 0.5) is 0 Å². The Bertz CT molecular complexity index is 2370. The molecule has 1 heterocycles.